The van der Waals surface area contributed by atoms with Crippen LogP contribution in [0.4, 0.5) is 5.69 Å². The molecule has 2 aliphatic heterocycles. The predicted molar refractivity (Wildman–Crippen MR) is 145 cm³/mol. The molecule has 2 fully saturated rings. The van der Waals surface area contributed by atoms with Gasteiger partial charge in [-0.2, -0.15) is 0 Å². The number of fused-ring (bicyclic) bond motifs is 2. The maximum absolute atomic E-state index is 12.7. The van der Waals surface area contributed by atoms with E-state index in [2.05, 4.69) is 44.4 Å². The lowest BCUT2D eigenvalue weighted by atomic mass is 10.0. The van der Waals surface area contributed by atoms with Gasteiger partial charge in [0.1, 0.15) is 12.1 Å². The number of hydrogen-bond acceptors (Lipinski definition) is 7. The van der Waals surface area contributed by atoms with Crippen molar-refractivity contribution in [2.24, 2.45) is 5.73 Å². The number of pyridine rings is 1. The number of nitrogens with one attached hydrogen (secondary N) is 1. The van der Waals surface area contributed by atoms with Crippen molar-refractivity contribution < 1.29 is 9.53 Å². The Kier molecular flexibility index (Phi) is 6.73. The van der Waals surface area contributed by atoms with Crippen LogP contribution < -0.4 is 16.0 Å². The van der Waals surface area contributed by atoms with Gasteiger partial charge in [0.05, 0.1) is 35.5 Å². The van der Waals surface area contributed by atoms with Gasteiger partial charge in [0.2, 0.25) is 0 Å². The Bertz CT molecular complexity index is 1400. The lowest BCUT2D eigenvalue weighted by molar-refractivity contribution is 0.0383. The number of nitrogens with two attached hydrogens (primary N) is 1. The zero-order chi connectivity index (χ0) is 25.2. The van der Waals surface area contributed by atoms with Crippen molar-refractivity contribution in [1.82, 2.24) is 24.8 Å². The van der Waals surface area contributed by atoms with E-state index in [-0.39, 0.29) is 11.9 Å². The van der Waals surface area contributed by atoms with Crippen molar-refractivity contribution in [3.8, 4) is 5.82 Å². The summed E-state index contributed by atoms with van der Waals surface area (Å²) >= 11 is 0. The third-order valence-electron chi connectivity index (χ3n) is 7.44. The Morgan fingerprint density at radius 1 is 1.05 bits per heavy atom. The van der Waals surface area contributed by atoms with Gasteiger partial charge in [-0.1, -0.05) is 12.1 Å². The van der Waals surface area contributed by atoms with Crippen LogP contribution in [0.3, 0.4) is 0 Å². The van der Waals surface area contributed by atoms with E-state index in [0.29, 0.717) is 12.1 Å². The second-order valence-electron chi connectivity index (χ2n) is 9.87. The van der Waals surface area contributed by atoms with Crippen LogP contribution in [0.2, 0.25) is 0 Å². The summed E-state index contributed by atoms with van der Waals surface area (Å²) in [6.07, 6.45) is 3.76. The van der Waals surface area contributed by atoms with E-state index < -0.39 is 0 Å². The van der Waals surface area contributed by atoms with Gasteiger partial charge in [-0.3, -0.25) is 14.3 Å². The number of carbonyl (C=O) groups excluding carboxylic acids is 1. The summed E-state index contributed by atoms with van der Waals surface area (Å²) in [6, 6.07) is 16.4. The van der Waals surface area contributed by atoms with E-state index in [1.165, 1.54) is 0 Å². The highest BCUT2D eigenvalue weighted by Crippen LogP contribution is 2.29. The fourth-order valence-corrected chi connectivity index (χ4v) is 5.24. The number of amides is 1. The van der Waals surface area contributed by atoms with Gasteiger partial charge < -0.3 is 20.7 Å². The van der Waals surface area contributed by atoms with Gasteiger partial charge in [-0.25, -0.2) is 9.97 Å². The minimum atomic E-state index is -0.0839. The third kappa shape index (κ3) is 5.02. The van der Waals surface area contributed by atoms with Crippen molar-refractivity contribution in [1.29, 1.82) is 0 Å². The maximum Gasteiger partial charge on any atom is 0.251 e. The number of benzene rings is 2. The van der Waals surface area contributed by atoms with E-state index in [1.807, 2.05) is 28.8 Å². The zero-order valence-corrected chi connectivity index (χ0v) is 21.0. The molecular weight excluding hydrogens is 466 g/mol. The molecule has 0 aliphatic carbocycles. The predicted octanol–water partition coefficient (Wildman–Crippen LogP) is 2.56. The van der Waals surface area contributed by atoms with Crippen molar-refractivity contribution in [3.05, 3.63) is 60.4 Å². The summed E-state index contributed by atoms with van der Waals surface area (Å²) in [4.78, 5) is 27.1. The van der Waals surface area contributed by atoms with E-state index in [4.69, 9.17) is 15.5 Å². The molecule has 2 aromatic heterocycles. The van der Waals surface area contributed by atoms with Gasteiger partial charge in [-0.05, 0) is 49.2 Å². The van der Waals surface area contributed by atoms with Crippen molar-refractivity contribution in [2.45, 2.75) is 18.9 Å². The maximum atomic E-state index is 12.7. The molecule has 4 heterocycles. The first-order valence-corrected chi connectivity index (χ1v) is 13.1. The molecule has 0 bridgehead atoms. The zero-order valence-electron chi connectivity index (χ0n) is 21.0. The summed E-state index contributed by atoms with van der Waals surface area (Å²) < 4.78 is 7.36. The number of piperidine rings is 1. The van der Waals surface area contributed by atoms with Gasteiger partial charge in [-0.15, -0.1) is 0 Å². The SMILES string of the molecule is NC1CCN(c2cccc3ccc(-n4cnc5cc(C(=O)NCCN6CCOCC6)ccc54)nc23)CC1. The minimum absolute atomic E-state index is 0.0839. The molecule has 9 heteroatoms. The van der Waals surface area contributed by atoms with Crippen LogP contribution in [-0.2, 0) is 4.74 Å². The highest BCUT2D eigenvalue weighted by atomic mass is 16.5. The van der Waals surface area contributed by atoms with Crippen LogP contribution >= 0.6 is 0 Å². The standard InChI is InChI=1S/C28H33N7O2/c29-22-8-11-34(12-9-22)25-3-1-2-20-5-7-26(32-27(20)25)35-19-31-23-18-21(4-6-24(23)35)28(36)30-10-13-33-14-16-37-17-15-33/h1-7,18-19,22H,8-17,29H2,(H,30,36). The lowest BCUT2D eigenvalue weighted by Gasteiger charge is -2.32. The average molecular weight is 500 g/mol. The number of aromatic nitrogens is 3. The Labute approximate surface area is 216 Å². The number of ether oxygens (including phenoxy) is 1. The van der Waals surface area contributed by atoms with Gasteiger partial charge in [0.25, 0.3) is 5.91 Å². The Morgan fingerprint density at radius 3 is 2.73 bits per heavy atom. The van der Waals surface area contributed by atoms with E-state index in [1.54, 1.807) is 6.33 Å². The molecule has 2 saturated heterocycles. The highest BCUT2D eigenvalue weighted by molar-refractivity contribution is 5.97. The molecule has 3 N–H and O–H groups in total. The molecule has 0 saturated carbocycles. The molecule has 0 atom stereocenters. The number of carbonyl (C=O) groups is 1. The summed E-state index contributed by atoms with van der Waals surface area (Å²) in [7, 11) is 0. The third-order valence-corrected chi connectivity index (χ3v) is 7.44. The van der Waals surface area contributed by atoms with Crippen molar-refractivity contribution in [3.63, 3.8) is 0 Å². The second kappa shape index (κ2) is 10.5. The molecule has 37 heavy (non-hydrogen) atoms. The Morgan fingerprint density at radius 2 is 1.89 bits per heavy atom. The van der Waals surface area contributed by atoms with Gasteiger partial charge >= 0.3 is 0 Å². The lowest BCUT2D eigenvalue weighted by Crippen LogP contribution is -2.41. The van der Waals surface area contributed by atoms with Crippen LogP contribution in [-0.4, -0.2) is 83.9 Å². The van der Waals surface area contributed by atoms with Crippen molar-refractivity contribution in [2.75, 3.05) is 57.4 Å². The summed E-state index contributed by atoms with van der Waals surface area (Å²) in [5.41, 5.74) is 10.5. The first-order chi connectivity index (χ1) is 18.2. The first-order valence-electron chi connectivity index (χ1n) is 13.1. The molecule has 0 unspecified atom stereocenters. The summed E-state index contributed by atoms with van der Waals surface area (Å²) in [6.45, 7) is 6.66. The molecule has 1 amide bonds. The quantitative estimate of drug-likeness (QED) is 0.420. The molecular formula is C28H33N7O2. The van der Waals surface area contributed by atoms with E-state index in [9.17, 15) is 4.79 Å². The topological polar surface area (TPSA) is 102 Å². The molecule has 9 nitrogen and oxygen atoms in total. The number of rotatable bonds is 6. The van der Waals surface area contributed by atoms with Gasteiger partial charge in [0.15, 0.2) is 0 Å². The normalized spacial score (nSPS) is 17.5. The average Bonchev–Trinajstić information content (AvgIpc) is 3.37. The van der Waals surface area contributed by atoms with Crippen LogP contribution in [0.15, 0.2) is 54.9 Å². The Balaban J connectivity index is 1.22. The highest BCUT2D eigenvalue weighted by Gasteiger charge is 2.19. The number of para-hydroxylation sites is 1. The van der Waals surface area contributed by atoms with Crippen LogP contribution in [0.1, 0.15) is 23.2 Å². The minimum Gasteiger partial charge on any atom is -0.379 e. The van der Waals surface area contributed by atoms with Crippen LogP contribution in [0, 0.1) is 0 Å². The summed E-state index contributed by atoms with van der Waals surface area (Å²) in [5.74, 6) is 0.721. The molecule has 192 valence electrons. The second-order valence-corrected chi connectivity index (χ2v) is 9.87. The van der Waals surface area contributed by atoms with E-state index in [0.717, 1.165) is 92.2 Å². The number of imidazole rings is 1. The van der Waals surface area contributed by atoms with E-state index >= 15 is 0 Å². The van der Waals surface area contributed by atoms with Crippen LogP contribution in [0.25, 0.3) is 27.8 Å². The molecule has 2 aromatic carbocycles. The number of nitrogens with zero attached hydrogens (tertiary/aromatic N) is 5. The Hall–Kier alpha value is -3.53. The number of morpholine rings is 1. The van der Waals surface area contributed by atoms with Gasteiger partial charge in [0, 0.05) is 56.3 Å². The molecule has 0 spiro atoms. The first kappa shape index (κ1) is 23.8. The smallest absolute Gasteiger partial charge is 0.251 e. The molecule has 6 rings (SSSR count). The fourth-order valence-electron chi connectivity index (χ4n) is 5.24. The molecule has 4 aromatic rings. The van der Waals surface area contributed by atoms with Crippen LogP contribution in [0.5, 0.6) is 0 Å². The largest absolute Gasteiger partial charge is 0.379 e. The summed E-state index contributed by atoms with van der Waals surface area (Å²) in [5, 5.41) is 4.14. The number of anilines is 1. The van der Waals surface area contributed by atoms with Crippen molar-refractivity contribution >= 4 is 33.5 Å². The molecule has 2 aliphatic rings. The molecule has 0 radical (unpaired) electrons. The monoisotopic (exact) mass is 499 g/mol. The number of hydrogen-bond donors (Lipinski definition) is 2. The fraction of sp³-hybridized carbons (Fsp3) is 0.393.